The van der Waals surface area contributed by atoms with Gasteiger partial charge in [-0.1, -0.05) is 100 Å². The third-order valence-corrected chi connectivity index (χ3v) is 8.74. The zero-order chi connectivity index (χ0) is 26.9. The van der Waals surface area contributed by atoms with Gasteiger partial charge in [0.05, 0.1) is 17.5 Å². The number of benzene rings is 3. The highest BCUT2D eigenvalue weighted by Gasteiger charge is 2.61. The standard InChI is InChI=1S/C34H35NO4/c1-2-3-4-5-6-7-8-20-28(36)39-23-15-13-14-22(21-23)35-33(37)31-29-24-16-9-10-17-25(24)30(32(31)34(35)38)27-19-12-11-18-26(27)29/h9-19,21,29-32H,2-8,20H2,1H3/t29?,30?,31-,32-/m1/s1. The fraction of sp³-hybridized carbons (Fsp3) is 0.382. The summed E-state index contributed by atoms with van der Waals surface area (Å²) in [5.41, 5.74) is 5.07. The van der Waals surface area contributed by atoms with Gasteiger partial charge >= 0.3 is 5.97 Å². The molecule has 1 fully saturated rings. The molecule has 2 atom stereocenters. The van der Waals surface area contributed by atoms with Gasteiger partial charge in [0.25, 0.3) is 0 Å². The van der Waals surface area contributed by atoms with E-state index in [0.717, 1.165) is 41.5 Å². The third kappa shape index (κ3) is 4.48. The first-order chi connectivity index (χ1) is 19.1. The smallest absolute Gasteiger partial charge is 0.311 e. The van der Waals surface area contributed by atoms with Gasteiger partial charge in [-0.3, -0.25) is 14.4 Å². The fourth-order valence-corrected chi connectivity index (χ4v) is 7.03. The zero-order valence-electron chi connectivity index (χ0n) is 22.5. The van der Waals surface area contributed by atoms with Gasteiger partial charge in [-0.15, -0.1) is 0 Å². The van der Waals surface area contributed by atoms with E-state index in [-0.39, 0.29) is 29.6 Å². The van der Waals surface area contributed by atoms with Gasteiger partial charge in [0.2, 0.25) is 11.8 Å². The van der Waals surface area contributed by atoms with Crippen LogP contribution in [0, 0.1) is 11.8 Å². The summed E-state index contributed by atoms with van der Waals surface area (Å²) in [6.07, 6.45) is 8.29. The second-order valence-corrected chi connectivity index (χ2v) is 11.1. The van der Waals surface area contributed by atoms with E-state index < -0.39 is 11.8 Å². The molecule has 39 heavy (non-hydrogen) atoms. The lowest BCUT2D eigenvalue weighted by Crippen LogP contribution is -2.41. The molecule has 0 radical (unpaired) electrons. The van der Waals surface area contributed by atoms with Crippen molar-refractivity contribution in [3.05, 3.63) is 95.1 Å². The minimum atomic E-state index is -0.434. The maximum atomic E-state index is 14.0. The molecule has 7 rings (SSSR count). The zero-order valence-corrected chi connectivity index (χ0v) is 22.5. The number of imide groups is 1. The maximum absolute atomic E-state index is 14.0. The predicted molar refractivity (Wildman–Crippen MR) is 151 cm³/mol. The van der Waals surface area contributed by atoms with Gasteiger partial charge in [0.1, 0.15) is 5.75 Å². The largest absolute Gasteiger partial charge is 0.426 e. The highest BCUT2D eigenvalue weighted by atomic mass is 16.5. The van der Waals surface area contributed by atoms with Crippen LogP contribution in [0.2, 0.25) is 0 Å². The van der Waals surface area contributed by atoms with Gasteiger partial charge in [-0.2, -0.15) is 0 Å². The van der Waals surface area contributed by atoms with Crippen molar-refractivity contribution in [2.24, 2.45) is 11.8 Å². The topological polar surface area (TPSA) is 63.7 Å². The summed E-state index contributed by atoms with van der Waals surface area (Å²) in [6, 6.07) is 23.3. The fourth-order valence-electron chi connectivity index (χ4n) is 7.03. The Balaban J connectivity index is 1.19. The number of esters is 1. The highest BCUT2D eigenvalue weighted by molar-refractivity contribution is 6.23. The Labute approximate surface area is 230 Å². The number of ether oxygens (including phenoxy) is 1. The van der Waals surface area contributed by atoms with Crippen LogP contribution < -0.4 is 9.64 Å². The average molecular weight is 522 g/mol. The molecule has 5 heteroatoms. The average Bonchev–Trinajstić information content (AvgIpc) is 3.23. The minimum Gasteiger partial charge on any atom is -0.426 e. The predicted octanol–water partition coefficient (Wildman–Crippen LogP) is 7.13. The molecule has 0 unspecified atom stereocenters. The number of carbonyl (C=O) groups is 3. The van der Waals surface area contributed by atoms with Crippen LogP contribution in [0.15, 0.2) is 72.8 Å². The first kappa shape index (κ1) is 25.5. The van der Waals surface area contributed by atoms with E-state index in [2.05, 4.69) is 31.2 Å². The maximum Gasteiger partial charge on any atom is 0.311 e. The second kappa shape index (κ2) is 10.8. The number of amides is 2. The van der Waals surface area contributed by atoms with Gasteiger partial charge in [-0.25, -0.2) is 4.90 Å². The van der Waals surface area contributed by atoms with Crippen molar-refractivity contribution in [3.63, 3.8) is 0 Å². The van der Waals surface area contributed by atoms with E-state index in [1.165, 1.54) is 30.6 Å². The van der Waals surface area contributed by atoms with Crippen molar-refractivity contribution in [1.82, 2.24) is 0 Å². The molecule has 3 aromatic rings. The number of hydrogen-bond donors (Lipinski definition) is 0. The Morgan fingerprint density at radius 1 is 0.692 bits per heavy atom. The van der Waals surface area contributed by atoms with Crippen molar-refractivity contribution < 1.29 is 19.1 Å². The number of carbonyl (C=O) groups excluding carboxylic acids is 3. The van der Waals surface area contributed by atoms with E-state index in [1.807, 2.05) is 24.3 Å². The summed E-state index contributed by atoms with van der Waals surface area (Å²) in [6.45, 7) is 2.20. The molecule has 1 aliphatic heterocycles. The molecule has 5 nitrogen and oxygen atoms in total. The first-order valence-corrected chi connectivity index (χ1v) is 14.5. The van der Waals surface area contributed by atoms with Crippen molar-refractivity contribution in [1.29, 1.82) is 0 Å². The Morgan fingerprint density at radius 3 is 1.74 bits per heavy atom. The quantitative estimate of drug-likeness (QED) is 0.123. The van der Waals surface area contributed by atoms with E-state index in [1.54, 1.807) is 24.3 Å². The first-order valence-electron chi connectivity index (χ1n) is 14.5. The normalized spacial score (nSPS) is 22.4. The molecular weight excluding hydrogens is 486 g/mol. The number of unbranched alkanes of at least 4 members (excludes halogenated alkanes) is 6. The summed E-state index contributed by atoms with van der Waals surface area (Å²) >= 11 is 0. The number of hydrogen-bond acceptors (Lipinski definition) is 4. The molecule has 0 aromatic heterocycles. The van der Waals surface area contributed by atoms with Crippen molar-refractivity contribution in [2.45, 2.75) is 70.1 Å². The molecule has 0 saturated carbocycles. The Bertz CT molecular complexity index is 1300. The molecule has 200 valence electrons. The molecule has 1 saturated heterocycles. The summed E-state index contributed by atoms with van der Waals surface area (Å²) in [5.74, 6) is -1.41. The molecule has 0 spiro atoms. The van der Waals surface area contributed by atoms with Crippen LogP contribution in [-0.2, 0) is 14.4 Å². The molecule has 3 aliphatic carbocycles. The molecule has 0 N–H and O–H groups in total. The molecule has 3 aromatic carbocycles. The SMILES string of the molecule is CCCCCCCCCC(=O)Oc1cccc(N2C(=O)[C@@H]3C4c5ccccc5C(c5ccccc54)[C@H]3C2=O)c1. The Kier molecular flexibility index (Phi) is 7.07. The van der Waals surface area contributed by atoms with E-state index >= 15 is 0 Å². The van der Waals surface area contributed by atoms with Crippen LogP contribution in [-0.4, -0.2) is 17.8 Å². The van der Waals surface area contributed by atoms with Crippen LogP contribution in [0.1, 0.15) is 92.4 Å². The third-order valence-electron chi connectivity index (χ3n) is 8.74. The van der Waals surface area contributed by atoms with Gasteiger partial charge in [-0.05, 0) is 40.8 Å². The summed E-state index contributed by atoms with van der Waals surface area (Å²) in [5, 5.41) is 0. The Hall–Kier alpha value is -3.73. The van der Waals surface area contributed by atoms with Crippen LogP contribution >= 0.6 is 0 Å². The lowest BCUT2D eigenvalue weighted by atomic mass is 9.55. The molecule has 4 aliphatic rings. The minimum absolute atomic E-state index is 0.142. The second-order valence-electron chi connectivity index (χ2n) is 11.1. The lowest BCUT2D eigenvalue weighted by Gasteiger charge is -2.45. The van der Waals surface area contributed by atoms with E-state index in [0.29, 0.717) is 17.9 Å². The number of nitrogens with zero attached hydrogens (tertiary/aromatic N) is 1. The molecule has 2 bridgehead atoms. The van der Waals surface area contributed by atoms with E-state index in [4.69, 9.17) is 4.74 Å². The van der Waals surface area contributed by atoms with E-state index in [9.17, 15) is 14.4 Å². The Morgan fingerprint density at radius 2 is 1.21 bits per heavy atom. The van der Waals surface area contributed by atoms with Crippen LogP contribution in [0.25, 0.3) is 0 Å². The van der Waals surface area contributed by atoms with Gasteiger partial charge in [0.15, 0.2) is 0 Å². The monoisotopic (exact) mass is 521 g/mol. The van der Waals surface area contributed by atoms with Crippen molar-refractivity contribution in [3.8, 4) is 5.75 Å². The van der Waals surface area contributed by atoms with Crippen molar-refractivity contribution >= 4 is 23.5 Å². The molecule has 2 amide bonds. The van der Waals surface area contributed by atoms with Crippen LogP contribution in [0.5, 0.6) is 5.75 Å². The summed E-state index contributed by atoms with van der Waals surface area (Å²) < 4.78 is 5.62. The molecular formula is C34H35NO4. The van der Waals surface area contributed by atoms with Gasteiger partial charge < -0.3 is 4.74 Å². The summed E-state index contributed by atoms with van der Waals surface area (Å²) in [7, 11) is 0. The highest BCUT2D eigenvalue weighted by Crippen LogP contribution is 2.61. The van der Waals surface area contributed by atoms with Gasteiger partial charge in [0, 0.05) is 24.3 Å². The van der Waals surface area contributed by atoms with Crippen LogP contribution in [0.4, 0.5) is 5.69 Å². The molecule has 1 heterocycles. The van der Waals surface area contributed by atoms with Crippen molar-refractivity contribution in [2.75, 3.05) is 4.90 Å². The van der Waals surface area contributed by atoms with Crippen LogP contribution in [0.3, 0.4) is 0 Å². The lowest BCUT2D eigenvalue weighted by molar-refractivity contribution is -0.134. The number of anilines is 1. The number of rotatable bonds is 10. The summed E-state index contributed by atoms with van der Waals surface area (Å²) in [4.78, 5) is 41.7.